The predicted octanol–water partition coefficient (Wildman–Crippen LogP) is 2.57. The molecule has 1 aliphatic rings. The fraction of sp³-hybridized carbons (Fsp3) is 0.389. The number of rotatable bonds is 7. The zero-order valence-corrected chi connectivity index (χ0v) is 14.7. The van der Waals surface area contributed by atoms with Crippen molar-refractivity contribution < 1.29 is 4.79 Å². The minimum atomic E-state index is 0.0494. The van der Waals surface area contributed by atoms with Gasteiger partial charge < -0.3 is 15.5 Å². The largest absolute Gasteiger partial charge is 0.371 e. The summed E-state index contributed by atoms with van der Waals surface area (Å²) in [4.78, 5) is 22.4. The van der Waals surface area contributed by atoms with Crippen LogP contribution in [0.5, 0.6) is 0 Å². The van der Waals surface area contributed by atoms with Crippen LogP contribution in [0.4, 0.5) is 11.6 Å². The van der Waals surface area contributed by atoms with Crippen molar-refractivity contribution in [3.8, 4) is 0 Å². The number of nitrogens with one attached hydrogen (secondary N) is 2. The first-order valence-electron chi connectivity index (χ1n) is 8.49. The number of carbonyl (C=O) groups excluding carboxylic acids is 1. The Morgan fingerprint density at radius 1 is 1.24 bits per heavy atom. The molecule has 3 rings (SSSR count). The fourth-order valence-corrected chi connectivity index (χ4v) is 3.04. The Balaban J connectivity index is 1.34. The van der Waals surface area contributed by atoms with Crippen molar-refractivity contribution in [3.05, 3.63) is 47.7 Å². The van der Waals surface area contributed by atoms with Gasteiger partial charge >= 0.3 is 0 Å². The Labute approximate surface area is 152 Å². The van der Waals surface area contributed by atoms with Crippen LogP contribution in [0.3, 0.4) is 0 Å². The summed E-state index contributed by atoms with van der Waals surface area (Å²) in [6.07, 6.45) is 4.83. The number of hydrogen-bond donors (Lipinski definition) is 2. The summed E-state index contributed by atoms with van der Waals surface area (Å²) in [5.41, 5.74) is 1.19. The number of anilines is 2. The van der Waals surface area contributed by atoms with Gasteiger partial charge in [-0.3, -0.25) is 4.79 Å². The van der Waals surface area contributed by atoms with Gasteiger partial charge in [0.2, 0.25) is 11.9 Å². The number of aromatic nitrogens is 2. The summed E-state index contributed by atoms with van der Waals surface area (Å²) in [6, 6.07) is 9.67. The highest BCUT2D eigenvalue weighted by Crippen LogP contribution is 2.24. The lowest BCUT2D eigenvalue weighted by Crippen LogP contribution is -2.32. The Morgan fingerprint density at radius 3 is 2.76 bits per heavy atom. The highest BCUT2D eigenvalue weighted by atomic mass is 35.5. The van der Waals surface area contributed by atoms with Crippen LogP contribution >= 0.6 is 11.6 Å². The van der Waals surface area contributed by atoms with Gasteiger partial charge in [0, 0.05) is 55.7 Å². The monoisotopic (exact) mass is 359 g/mol. The van der Waals surface area contributed by atoms with E-state index in [4.69, 9.17) is 11.6 Å². The van der Waals surface area contributed by atoms with Crippen molar-refractivity contribution >= 4 is 29.1 Å². The molecule has 1 amide bonds. The van der Waals surface area contributed by atoms with E-state index in [2.05, 4.69) is 25.5 Å². The third-order valence-corrected chi connectivity index (χ3v) is 4.52. The highest BCUT2D eigenvalue weighted by molar-refractivity contribution is 6.30. The lowest BCUT2D eigenvalue weighted by Gasteiger charge is -2.19. The maximum absolute atomic E-state index is 12.0. The lowest BCUT2D eigenvalue weighted by molar-refractivity contribution is -0.121. The van der Waals surface area contributed by atoms with Gasteiger partial charge in [-0.05, 0) is 42.7 Å². The smallest absolute Gasteiger partial charge is 0.222 e. The number of carbonyl (C=O) groups is 1. The number of halogens is 1. The van der Waals surface area contributed by atoms with Gasteiger partial charge in [0.05, 0.1) is 0 Å². The van der Waals surface area contributed by atoms with Crippen molar-refractivity contribution in [2.24, 2.45) is 5.92 Å². The molecule has 2 aromatic rings. The number of nitrogens with zero attached hydrogens (tertiary/aromatic N) is 3. The van der Waals surface area contributed by atoms with E-state index in [-0.39, 0.29) is 5.91 Å². The molecule has 0 unspecified atom stereocenters. The normalized spacial score (nSPS) is 16.7. The Bertz CT molecular complexity index is 680. The highest BCUT2D eigenvalue weighted by Gasteiger charge is 2.22. The quantitative estimate of drug-likeness (QED) is 0.795. The zero-order valence-electron chi connectivity index (χ0n) is 14.0. The summed E-state index contributed by atoms with van der Waals surface area (Å²) in [5.74, 6) is 1.07. The van der Waals surface area contributed by atoms with Crippen LogP contribution in [-0.2, 0) is 4.79 Å². The van der Waals surface area contributed by atoms with Crippen LogP contribution in [0, 0.1) is 5.92 Å². The summed E-state index contributed by atoms with van der Waals surface area (Å²) >= 11 is 5.93. The molecule has 7 heteroatoms. The van der Waals surface area contributed by atoms with Crippen LogP contribution in [0.25, 0.3) is 0 Å². The molecule has 6 nitrogen and oxygen atoms in total. The minimum absolute atomic E-state index is 0.0494. The first kappa shape index (κ1) is 17.5. The average Bonchev–Trinajstić information content (AvgIpc) is 3.10. The number of benzene rings is 1. The van der Waals surface area contributed by atoms with Gasteiger partial charge in [-0.2, -0.15) is 0 Å². The van der Waals surface area contributed by atoms with E-state index in [1.165, 1.54) is 5.69 Å². The molecule has 1 saturated heterocycles. The molecule has 0 spiro atoms. The second-order valence-electron chi connectivity index (χ2n) is 6.13. The standard InChI is InChI=1S/C18H22ClN5O/c19-15-2-4-16(5-3-15)24-11-7-14(13-24)12-23-17(25)6-10-22-18-20-8-1-9-21-18/h1-5,8-9,14H,6-7,10-13H2,(H,23,25)(H,20,21,22)/t14-/m0/s1. The van der Waals surface area contributed by atoms with Crippen molar-refractivity contribution in [1.29, 1.82) is 0 Å². The molecule has 0 aliphatic carbocycles. The van der Waals surface area contributed by atoms with E-state index in [1.54, 1.807) is 18.5 Å². The molecule has 1 aromatic heterocycles. The summed E-state index contributed by atoms with van der Waals surface area (Å²) < 4.78 is 0. The molecule has 25 heavy (non-hydrogen) atoms. The second kappa shape index (κ2) is 8.67. The predicted molar refractivity (Wildman–Crippen MR) is 99.9 cm³/mol. The van der Waals surface area contributed by atoms with E-state index >= 15 is 0 Å². The number of amides is 1. The van der Waals surface area contributed by atoms with Gasteiger partial charge in [0.1, 0.15) is 0 Å². The fourth-order valence-electron chi connectivity index (χ4n) is 2.91. The molecule has 0 radical (unpaired) electrons. The Hall–Kier alpha value is -2.34. The van der Waals surface area contributed by atoms with Gasteiger partial charge in [-0.1, -0.05) is 11.6 Å². The van der Waals surface area contributed by atoms with E-state index in [9.17, 15) is 4.79 Å². The van der Waals surface area contributed by atoms with Crippen LogP contribution in [0.1, 0.15) is 12.8 Å². The van der Waals surface area contributed by atoms with Crippen LogP contribution in [-0.4, -0.2) is 42.1 Å². The summed E-state index contributed by atoms with van der Waals surface area (Å²) in [7, 11) is 0. The zero-order chi connectivity index (χ0) is 17.5. The lowest BCUT2D eigenvalue weighted by atomic mass is 10.1. The van der Waals surface area contributed by atoms with E-state index in [1.807, 2.05) is 24.3 Å². The molecule has 1 aromatic carbocycles. The molecule has 1 fully saturated rings. The topological polar surface area (TPSA) is 70.1 Å². The van der Waals surface area contributed by atoms with Gasteiger partial charge in [-0.15, -0.1) is 0 Å². The molecule has 0 bridgehead atoms. The molecule has 1 aliphatic heterocycles. The third kappa shape index (κ3) is 5.32. The first-order chi connectivity index (χ1) is 12.2. The maximum atomic E-state index is 12.0. The molecule has 2 N–H and O–H groups in total. The minimum Gasteiger partial charge on any atom is -0.371 e. The van der Waals surface area contributed by atoms with E-state index in [0.717, 1.165) is 24.5 Å². The van der Waals surface area contributed by atoms with E-state index < -0.39 is 0 Å². The van der Waals surface area contributed by atoms with E-state index in [0.29, 0.717) is 31.4 Å². The second-order valence-corrected chi connectivity index (χ2v) is 6.57. The summed E-state index contributed by atoms with van der Waals surface area (Å²) in [5, 5.41) is 6.81. The number of hydrogen-bond acceptors (Lipinski definition) is 5. The van der Waals surface area contributed by atoms with Crippen LogP contribution < -0.4 is 15.5 Å². The Morgan fingerprint density at radius 2 is 2.00 bits per heavy atom. The van der Waals surface area contributed by atoms with Crippen LogP contribution in [0.2, 0.25) is 5.02 Å². The van der Waals surface area contributed by atoms with Gasteiger partial charge in [-0.25, -0.2) is 9.97 Å². The molecule has 132 valence electrons. The van der Waals surface area contributed by atoms with Gasteiger partial charge in [0.25, 0.3) is 0 Å². The van der Waals surface area contributed by atoms with Crippen LogP contribution in [0.15, 0.2) is 42.7 Å². The average molecular weight is 360 g/mol. The molecular weight excluding hydrogens is 338 g/mol. The maximum Gasteiger partial charge on any atom is 0.222 e. The summed E-state index contributed by atoms with van der Waals surface area (Å²) in [6.45, 7) is 3.20. The molecule has 1 atom stereocenters. The molecule has 2 heterocycles. The molecular formula is C18H22ClN5O. The van der Waals surface area contributed by atoms with Crippen molar-refractivity contribution in [2.45, 2.75) is 12.8 Å². The van der Waals surface area contributed by atoms with Crippen molar-refractivity contribution in [2.75, 3.05) is 36.4 Å². The SMILES string of the molecule is O=C(CCNc1ncccn1)NC[C@@H]1CCN(c2ccc(Cl)cc2)C1. The van der Waals surface area contributed by atoms with Gasteiger partial charge in [0.15, 0.2) is 0 Å². The van der Waals surface area contributed by atoms with Crippen molar-refractivity contribution in [3.63, 3.8) is 0 Å². The third-order valence-electron chi connectivity index (χ3n) is 4.27. The molecule has 0 saturated carbocycles. The Kier molecular flexibility index (Phi) is 6.06. The first-order valence-corrected chi connectivity index (χ1v) is 8.86. The van der Waals surface area contributed by atoms with Crippen molar-refractivity contribution in [1.82, 2.24) is 15.3 Å².